The highest BCUT2D eigenvalue weighted by Crippen LogP contribution is 2.41. The van der Waals surface area contributed by atoms with E-state index >= 15 is 0 Å². The smallest absolute Gasteiger partial charge is 0.123 e. The molecule has 0 aliphatic carbocycles. The predicted molar refractivity (Wildman–Crippen MR) is 104 cm³/mol. The van der Waals surface area contributed by atoms with Crippen molar-refractivity contribution in [1.82, 2.24) is 4.57 Å². The number of rotatable bonds is 5. The van der Waals surface area contributed by atoms with Gasteiger partial charge < -0.3 is 14.8 Å². The molecule has 3 aromatic rings. The van der Waals surface area contributed by atoms with Gasteiger partial charge >= 0.3 is 0 Å². The molecule has 2 aromatic carbocycles. The Bertz CT molecular complexity index is 939. The zero-order valence-corrected chi connectivity index (χ0v) is 15.3. The van der Waals surface area contributed by atoms with Gasteiger partial charge in [-0.3, -0.25) is 0 Å². The average Bonchev–Trinajstić information content (AvgIpc) is 2.97. The van der Waals surface area contributed by atoms with Gasteiger partial charge in [0, 0.05) is 28.9 Å². The molecule has 1 unspecified atom stereocenters. The van der Waals surface area contributed by atoms with E-state index in [9.17, 15) is 14.6 Å². The maximum absolute atomic E-state index is 13.4. The molecule has 2 N–H and O–H groups in total. The van der Waals surface area contributed by atoms with Crippen molar-refractivity contribution in [2.75, 3.05) is 0 Å². The van der Waals surface area contributed by atoms with Crippen molar-refractivity contribution in [3.63, 3.8) is 0 Å². The summed E-state index contributed by atoms with van der Waals surface area (Å²) in [4.78, 5) is 0. The third kappa shape index (κ3) is 3.25. The van der Waals surface area contributed by atoms with Gasteiger partial charge in [0.2, 0.25) is 0 Å². The van der Waals surface area contributed by atoms with Crippen molar-refractivity contribution in [3.05, 3.63) is 71.9 Å². The van der Waals surface area contributed by atoms with E-state index in [0.29, 0.717) is 0 Å². The monoisotopic (exact) mass is 353 g/mol. The van der Waals surface area contributed by atoms with Crippen LogP contribution in [0.4, 0.5) is 4.39 Å². The fourth-order valence-corrected chi connectivity index (χ4v) is 3.50. The quantitative estimate of drug-likeness (QED) is 0.560. The van der Waals surface area contributed by atoms with Crippen LogP contribution in [0.15, 0.2) is 60.4 Å². The molecule has 4 heteroatoms. The Hall–Kier alpha value is -2.59. The van der Waals surface area contributed by atoms with Gasteiger partial charge in [-0.05, 0) is 50.6 Å². The van der Waals surface area contributed by atoms with Gasteiger partial charge in [0.15, 0.2) is 0 Å². The van der Waals surface area contributed by atoms with Gasteiger partial charge in [0.1, 0.15) is 11.9 Å². The molecular weight excluding hydrogens is 329 g/mol. The van der Waals surface area contributed by atoms with Crippen LogP contribution in [-0.4, -0.2) is 14.8 Å². The Morgan fingerprint density at radius 3 is 2.38 bits per heavy atom. The molecule has 0 saturated carbocycles. The van der Waals surface area contributed by atoms with Crippen molar-refractivity contribution < 1.29 is 14.6 Å². The minimum absolute atomic E-state index is 0.117. The van der Waals surface area contributed by atoms with E-state index < -0.39 is 6.10 Å². The number of hydrogen-bond donors (Lipinski definition) is 2. The number of hydrogen-bond acceptors (Lipinski definition) is 2. The number of fused-ring (bicyclic) bond motifs is 1. The molecule has 0 aliphatic heterocycles. The highest BCUT2D eigenvalue weighted by molar-refractivity contribution is 5.98. The number of aromatic nitrogens is 1. The second-order valence-corrected chi connectivity index (χ2v) is 6.75. The Kier molecular flexibility index (Phi) is 5.14. The van der Waals surface area contributed by atoms with Crippen molar-refractivity contribution in [1.29, 1.82) is 0 Å². The molecule has 1 heterocycles. The number of benzene rings is 2. The van der Waals surface area contributed by atoms with E-state index in [0.717, 1.165) is 27.7 Å². The molecule has 0 bridgehead atoms. The molecule has 0 amide bonds. The Balaban J connectivity index is 2.33. The van der Waals surface area contributed by atoms with E-state index in [1.165, 1.54) is 12.1 Å². The van der Waals surface area contributed by atoms with Crippen LogP contribution in [0.1, 0.15) is 45.0 Å². The Labute approximate surface area is 153 Å². The van der Waals surface area contributed by atoms with Gasteiger partial charge in [0.25, 0.3) is 0 Å². The fraction of sp³-hybridized carbons (Fsp3) is 0.273. The summed E-state index contributed by atoms with van der Waals surface area (Å²) in [7, 11) is 0. The van der Waals surface area contributed by atoms with Crippen molar-refractivity contribution in [2.24, 2.45) is 0 Å². The van der Waals surface area contributed by atoms with E-state index in [1.807, 2.05) is 24.3 Å². The van der Waals surface area contributed by atoms with Crippen LogP contribution in [-0.2, 0) is 0 Å². The molecule has 3 nitrogen and oxygen atoms in total. The third-order valence-corrected chi connectivity index (χ3v) is 4.65. The van der Waals surface area contributed by atoms with Crippen molar-refractivity contribution in [2.45, 2.75) is 39.3 Å². The van der Waals surface area contributed by atoms with Crippen LogP contribution in [0.3, 0.4) is 0 Å². The number of aliphatic hydroxyl groups excluding tert-OH is 2. The van der Waals surface area contributed by atoms with Crippen LogP contribution >= 0.6 is 0 Å². The number of nitrogens with zero attached hydrogens (tertiary/aromatic N) is 1. The van der Waals surface area contributed by atoms with Crippen molar-refractivity contribution >= 4 is 10.9 Å². The third-order valence-electron chi connectivity index (χ3n) is 4.65. The topological polar surface area (TPSA) is 45.4 Å². The van der Waals surface area contributed by atoms with Gasteiger partial charge in [-0.25, -0.2) is 4.39 Å². The van der Waals surface area contributed by atoms with E-state index in [1.54, 1.807) is 25.1 Å². The van der Waals surface area contributed by atoms with Crippen LogP contribution in [0, 0.1) is 5.82 Å². The van der Waals surface area contributed by atoms with Crippen LogP contribution in [0.2, 0.25) is 0 Å². The normalized spacial score (nSPS) is 13.5. The highest BCUT2D eigenvalue weighted by atomic mass is 19.1. The standard InChI is InChI=1S/C22H24FNO2/c1-4-17(25)13-20(26)22-21(15-9-11-16(23)12-10-15)18-7-5-6-8-19(18)24(22)14(2)3/h4-12,14,20,25-26H,13H2,1-3H3. The largest absolute Gasteiger partial charge is 0.513 e. The lowest BCUT2D eigenvalue weighted by molar-refractivity contribution is 0.151. The van der Waals surface area contributed by atoms with Crippen molar-refractivity contribution in [3.8, 4) is 11.1 Å². The first-order valence-electron chi connectivity index (χ1n) is 8.85. The lowest BCUT2D eigenvalue weighted by Gasteiger charge is -2.20. The van der Waals surface area contributed by atoms with E-state index in [4.69, 9.17) is 0 Å². The molecule has 0 spiro atoms. The summed E-state index contributed by atoms with van der Waals surface area (Å²) in [5.74, 6) is -0.155. The minimum atomic E-state index is -0.874. The number of para-hydroxylation sites is 1. The zero-order chi connectivity index (χ0) is 18.8. The second kappa shape index (κ2) is 7.34. The first-order valence-corrected chi connectivity index (χ1v) is 8.85. The molecular formula is C22H24FNO2. The molecule has 136 valence electrons. The molecule has 3 rings (SSSR count). The predicted octanol–water partition coefficient (Wildman–Crippen LogP) is 5.91. The summed E-state index contributed by atoms with van der Waals surface area (Å²) in [5, 5.41) is 21.9. The average molecular weight is 353 g/mol. The summed E-state index contributed by atoms with van der Waals surface area (Å²) >= 11 is 0. The SMILES string of the molecule is CC=C(O)CC(O)c1c(-c2ccc(F)cc2)c2ccccc2n1C(C)C. The van der Waals surface area contributed by atoms with Gasteiger partial charge in [0.05, 0.1) is 11.5 Å². The fourth-order valence-electron chi connectivity index (χ4n) is 3.50. The van der Waals surface area contributed by atoms with E-state index in [2.05, 4.69) is 18.4 Å². The summed E-state index contributed by atoms with van der Waals surface area (Å²) in [5.41, 5.74) is 3.47. The lowest BCUT2D eigenvalue weighted by Crippen LogP contribution is -2.11. The maximum atomic E-state index is 13.4. The van der Waals surface area contributed by atoms with Crippen LogP contribution in [0.5, 0.6) is 0 Å². The van der Waals surface area contributed by atoms with Gasteiger partial charge in [-0.2, -0.15) is 0 Å². The van der Waals surface area contributed by atoms with E-state index in [-0.39, 0.29) is 24.0 Å². The molecule has 26 heavy (non-hydrogen) atoms. The molecule has 0 aliphatic rings. The van der Waals surface area contributed by atoms with Gasteiger partial charge in [-0.1, -0.05) is 30.3 Å². The maximum Gasteiger partial charge on any atom is 0.123 e. The summed E-state index contributed by atoms with van der Waals surface area (Å²) in [6.45, 7) is 5.86. The molecule has 1 atom stereocenters. The molecule has 0 radical (unpaired) electrons. The Morgan fingerprint density at radius 2 is 1.77 bits per heavy atom. The first-order chi connectivity index (χ1) is 12.4. The highest BCUT2D eigenvalue weighted by Gasteiger charge is 2.25. The minimum Gasteiger partial charge on any atom is -0.513 e. The number of allylic oxidation sites excluding steroid dienone is 1. The molecule has 0 saturated heterocycles. The lowest BCUT2D eigenvalue weighted by atomic mass is 9.98. The Morgan fingerprint density at radius 1 is 1.12 bits per heavy atom. The molecule has 1 aromatic heterocycles. The second-order valence-electron chi connectivity index (χ2n) is 6.75. The summed E-state index contributed by atoms with van der Waals surface area (Å²) in [6.07, 6.45) is 0.845. The molecule has 0 fully saturated rings. The number of aliphatic hydroxyl groups is 2. The van der Waals surface area contributed by atoms with Crippen LogP contribution in [0.25, 0.3) is 22.0 Å². The zero-order valence-electron chi connectivity index (χ0n) is 15.3. The van der Waals surface area contributed by atoms with Gasteiger partial charge in [-0.15, -0.1) is 0 Å². The summed E-state index contributed by atoms with van der Waals surface area (Å²) in [6, 6.07) is 14.4. The van der Waals surface area contributed by atoms with Crippen LogP contribution < -0.4 is 0 Å². The number of halogens is 1. The summed E-state index contributed by atoms with van der Waals surface area (Å²) < 4.78 is 15.5. The first kappa shape index (κ1) is 18.2.